The Balaban J connectivity index is 1.23. The molecule has 0 spiro atoms. The van der Waals surface area contributed by atoms with Crippen LogP contribution in [0, 0.1) is 0 Å². The van der Waals surface area contributed by atoms with Gasteiger partial charge in [-0.25, -0.2) is 0 Å². The van der Waals surface area contributed by atoms with Gasteiger partial charge in [0.15, 0.2) is 0 Å². The molecule has 8 heteroatoms. The second-order valence-electron chi connectivity index (χ2n) is 9.63. The van der Waals surface area contributed by atoms with Gasteiger partial charge in [0.1, 0.15) is 0 Å². The number of amides is 4. The standard InChI is InChI=1S/C35H28N4O4/c40-32(36-28-15-3-1-4-16-28)24-11-9-13-26(21-24)34(42)38-30-19-7-8-20-31(23-30)39-35(43)27-14-10-12-25(22-27)33(41)37-29-17-5-2-6-18-29/h1-19,21-23H,20H2,(H,36,40)(H,37,41)(H,38,42)(H,39,43). The molecule has 0 bridgehead atoms. The van der Waals surface area contributed by atoms with Crippen molar-refractivity contribution in [2.75, 3.05) is 10.6 Å². The Hall–Kier alpha value is -6.02. The molecule has 0 heterocycles. The van der Waals surface area contributed by atoms with Crippen LogP contribution in [0.2, 0.25) is 0 Å². The molecule has 0 aromatic heterocycles. The third-order valence-electron chi connectivity index (χ3n) is 6.45. The van der Waals surface area contributed by atoms with Crippen molar-refractivity contribution in [3.63, 3.8) is 0 Å². The molecule has 0 radical (unpaired) electrons. The monoisotopic (exact) mass is 568 g/mol. The van der Waals surface area contributed by atoms with Crippen LogP contribution in [0.15, 0.2) is 145 Å². The van der Waals surface area contributed by atoms with Crippen molar-refractivity contribution in [2.45, 2.75) is 6.42 Å². The van der Waals surface area contributed by atoms with E-state index in [-0.39, 0.29) is 11.8 Å². The maximum atomic E-state index is 13.1. The molecule has 4 aromatic carbocycles. The van der Waals surface area contributed by atoms with E-state index in [2.05, 4.69) is 21.3 Å². The predicted molar refractivity (Wildman–Crippen MR) is 167 cm³/mol. The molecule has 4 N–H and O–H groups in total. The number of carbonyl (C=O) groups is 4. The van der Waals surface area contributed by atoms with Crippen LogP contribution in [0.5, 0.6) is 0 Å². The zero-order valence-electron chi connectivity index (χ0n) is 23.0. The second kappa shape index (κ2) is 13.6. The van der Waals surface area contributed by atoms with Crippen molar-refractivity contribution in [3.05, 3.63) is 167 Å². The fraction of sp³-hybridized carbons (Fsp3) is 0.0286. The molecule has 4 aromatic rings. The Morgan fingerprint density at radius 2 is 0.930 bits per heavy atom. The molecule has 8 nitrogen and oxygen atoms in total. The molecule has 4 amide bonds. The smallest absolute Gasteiger partial charge is 0.255 e. The minimum atomic E-state index is -0.407. The number of anilines is 2. The second-order valence-corrected chi connectivity index (χ2v) is 9.63. The maximum Gasteiger partial charge on any atom is 0.255 e. The Morgan fingerprint density at radius 1 is 0.488 bits per heavy atom. The fourth-order valence-corrected chi connectivity index (χ4v) is 4.30. The van der Waals surface area contributed by atoms with Gasteiger partial charge in [-0.2, -0.15) is 0 Å². The van der Waals surface area contributed by atoms with E-state index >= 15 is 0 Å². The van der Waals surface area contributed by atoms with E-state index in [9.17, 15) is 19.2 Å². The summed E-state index contributed by atoms with van der Waals surface area (Å²) in [6.07, 6.45) is 7.45. The average Bonchev–Trinajstić information content (AvgIpc) is 3.26. The molecule has 212 valence electrons. The van der Waals surface area contributed by atoms with Gasteiger partial charge >= 0.3 is 0 Å². The summed E-state index contributed by atoms with van der Waals surface area (Å²) >= 11 is 0. The Labute approximate surface area is 248 Å². The van der Waals surface area contributed by atoms with Gasteiger partial charge in [-0.05, 0) is 72.8 Å². The Kier molecular flexibility index (Phi) is 8.99. The number of allylic oxidation sites excluding steroid dienone is 4. The summed E-state index contributed by atoms with van der Waals surface area (Å²) in [5, 5.41) is 11.3. The molecule has 0 saturated heterocycles. The number of hydrogen-bond donors (Lipinski definition) is 4. The van der Waals surface area contributed by atoms with Gasteiger partial charge in [0, 0.05) is 51.4 Å². The van der Waals surface area contributed by atoms with Crippen LogP contribution in [0.25, 0.3) is 0 Å². The first-order chi connectivity index (χ1) is 20.9. The SMILES string of the molecule is O=C(NC1=CC=CCC(NC(=O)c2cccc(C(=O)Nc3ccccc3)c2)=C1)c1cccc(C(=O)Nc2ccccc2)c1. The summed E-state index contributed by atoms with van der Waals surface area (Å²) in [7, 11) is 0. The first kappa shape index (κ1) is 28.5. The minimum absolute atomic E-state index is 0.305. The van der Waals surface area contributed by atoms with E-state index in [1.807, 2.05) is 42.5 Å². The summed E-state index contributed by atoms with van der Waals surface area (Å²) in [6.45, 7) is 0. The van der Waals surface area contributed by atoms with Gasteiger partial charge in [-0.1, -0.05) is 60.7 Å². The number of nitrogens with one attached hydrogen (secondary N) is 4. The Bertz CT molecular complexity index is 1760. The summed E-state index contributed by atoms with van der Waals surface area (Å²) < 4.78 is 0. The number of rotatable bonds is 8. The molecule has 0 saturated carbocycles. The lowest BCUT2D eigenvalue weighted by molar-refractivity contribution is 0.0959. The molecule has 0 fully saturated rings. The highest BCUT2D eigenvalue weighted by Crippen LogP contribution is 2.15. The molecule has 43 heavy (non-hydrogen) atoms. The zero-order valence-corrected chi connectivity index (χ0v) is 23.0. The largest absolute Gasteiger partial charge is 0.325 e. The van der Waals surface area contributed by atoms with E-state index in [1.54, 1.807) is 78.9 Å². The topological polar surface area (TPSA) is 116 Å². The van der Waals surface area contributed by atoms with E-state index in [0.717, 1.165) is 0 Å². The minimum Gasteiger partial charge on any atom is -0.325 e. The quantitative estimate of drug-likeness (QED) is 0.206. The highest BCUT2D eigenvalue weighted by Gasteiger charge is 2.15. The number of benzene rings is 4. The van der Waals surface area contributed by atoms with Gasteiger partial charge in [0.2, 0.25) is 0 Å². The highest BCUT2D eigenvalue weighted by atomic mass is 16.2. The summed E-state index contributed by atoms with van der Waals surface area (Å²) in [5.41, 5.74) is 3.63. The lowest BCUT2D eigenvalue weighted by Gasteiger charge is -2.11. The van der Waals surface area contributed by atoms with Crippen molar-refractivity contribution in [3.8, 4) is 0 Å². The lowest BCUT2D eigenvalue weighted by atomic mass is 10.1. The molecule has 0 unspecified atom stereocenters. The summed E-state index contributed by atoms with van der Waals surface area (Å²) in [6, 6.07) is 31.0. The Morgan fingerprint density at radius 3 is 1.42 bits per heavy atom. The van der Waals surface area contributed by atoms with E-state index < -0.39 is 11.8 Å². The van der Waals surface area contributed by atoms with Crippen molar-refractivity contribution >= 4 is 35.0 Å². The van der Waals surface area contributed by atoms with Crippen LogP contribution in [0.3, 0.4) is 0 Å². The van der Waals surface area contributed by atoms with Gasteiger partial charge < -0.3 is 21.3 Å². The number of para-hydroxylation sites is 2. The van der Waals surface area contributed by atoms with Crippen LogP contribution in [-0.2, 0) is 0 Å². The van der Waals surface area contributed by atoms with Crippen LogP contribution in [0.4, 0.5) is 11.4 Å². The summed E-state index contributed by atoms with van der Waals surface area (Å²) in [5.74, 6) is -1.45. The van der Waals surface area contributed by atoms with Crippen molar-refractivity contribution in [1.82, 2.24) is 10.6 Å². The zero-order chi connectivity index (χ0) is 30.0. The number of hydrogen-bond acceptors (Lipinski definition) is 4. The van der Waals surface area contributed by atoms with E-state index in [4.69, 9.17) is 0 Å². The molecule has 0 atom stereocenters. The average molecular weight is 569 g/mol. The molecule has 1 aliphatic carbocycles. The third kappa shape index (κ3) is 7.80. The van der Waals surface area contributed by atoms with Crippen LogP contribution < -0.4 is 21.3 Å². The normalized spacial score (nSPS) is 12.2. The third-order valence-corrected chi connectivity index (χ3v) is 6.45. The van der Waals surface area contributed by atoms with E-state index in [1.165, 1.54) is 12.1 Å². The van der Waals surface area contributed by atoms with Gasteiger partial charge in [-0.3, -0.25) is 19.2 Å². The fourth-order valence-electron chi connectivity index (χ4n) is 4.30. The molecule has 5 rings (SSSR count). The predicted octanol–water partition coefficient (Wildman–Crippen LogP) is 6.08. The van der Waals surface area contributed by atoms with Crippen LogP contribution in [0.1, 0.15) is 47.9 Å². The van der Waals surface area contributed by atoms with Crippen molar-refractivity contribution < 1.29 is 19.2 Å². The molecular formula is C35H28N4O4. The van der Waals surface area contributed by atoms with Crippen LogP contribution in [-0.4, -0.2) is 23.6 Å². The first-order valence-corrected chi connectivity index (χ1v) is 13.6. The molecular weight excluding hydrogens is 540 g/mol. The first-order valence-electron chi connectivity index (χ1n) is 13.6. The highest BCUT2D eigenvalue weighted by molar-refractivity contribution is 6.07. The van der Waals surface area contributed by atoms with Gasteiger partial charge in [0.05, 0.1) is 0 Å². The number of carbonyl (C=O) groups excluding carboxylic acids is 4. The molecule has 0 aliphatic heterocycles. The molecule has 1 aliphatic rings. The lowest BCUT2D eigenvalue weighted by Crippen LogP contribution is -2.26. The van der Waals surface area contributed by atoms with Gasteiger partial charge in [-0.15, -0.1) is 0 Å². The van der Waals surface area contributed by atoms with Crippen molar-refractivity contribution in [1.29, 1.82) is 0 Å². The van der Waals surface area contributed by atoms with Crippen molar-refractivity contribution in [2.24, 2.45) is 0 Å². The van der Waals surface area contributed by atoms with Gasteiger partial charge in [0.25, 0.3) is 23.6 Å². The maximum absolute atomic E-state index is 13.1. The van der Waals surface area contributed by atoms with E-state index in [0.29, 0.717) is 51.4 Å². The summed E-state index contributed by atoms with van der Waals surface area (Å²) in [4.78, 5) is 51.6. The van der Waals surface area contributed by atoms with Crippen LogP contribution >= 0.6 is 0 Å².